The van der Waals surface area contributed by atoms with Crippen molar-refractivity contribution in [2.24, 2.45) is 0 Å². The van der Waals surface area contributed by atoms with Gasteiger partial charge in [-0.25, -0.2) is 4.39 Å². The van der Waals surface area contributed by atoms with Gasteiger partial charge >= 0.3 is 0 Å². The van der Waals surface area contributed by atoms with Gasteiger partial charge in [0, 0.05) is 30.2 Å². The zero-order chi connectivity index (χ0) is 18.5. The van der Waals surface area contributed by atoms with Crippen molar-refractivity contribution < 1.29 is 4.39 Å². The zero-order valence-corrected chi connectivity index (χ0v) is 14.8. The summed E-state index contributed by atoms with van der Waals surface area (Å²) in [5, 5.41) is 12.9. The van der Waals surface area contributed by atoms with Gasteiger partial charge in [0.15, 0.2) is 0 Å². The Morgan fingerprint density at radius 2 is 1.81 bits per heavy atom. The van der Waals surface area contributed by atoms with Gasteiger partial charge in [-0.15, -0.1) is 5.10 Å². The second kappa shape index (κ2) is 7.95. The van der Waals surface area contributed by atoms with Crippen LogP contribution in [0.1, 0.15) is 12.8 Å². The van der Waals surface area contributed by atoms with E-state index in [9.17, 15) is 4.39 Å². The van der Waals surface area contributed by atoms with Crippen LogP contribution >= 0.6 is 0 Å². The Balaban J connectivity index is 1.27. The van der Waals surface area contributed by atoms with E-state index in [1.54, 1.807) is 12.1 Å². The minimum Gasteiger partial charge on any atom is -0.383 e. The number of aryl methyl sites for hydroxylation is 1. The van der Waals surface area contributed by atoms with Crippen molar-refractivity contribution >= 4 is 16.6 Å². The molecule has 4 rings (SSSR count). The summed E-state index contributed by atoms with van der Waals surface area (Å²) in [4.78, 5) is 4.46. The number of hydrogen-bond donors (Lipinski definition) is 1. The molecule has 0 spiro atoms. The van der Waals surface area contributed by atoms with Gasteiger partial charge in [-0.3, -0.25) is 9.67 Å². The maximum Gasteiger partial charge on any atom is 0.123 e. The average molecular weight is 361 g/mol. The molecule has 0 aliphatic carbocycles. The van der Waals surface area contributed by atoms with E-state index in [4.69, 9.17) is 0 Å². The smallest absolute Gasteiger partial charge is 0.123 e. The van der Waals surface area contributed by atoms with E-state index in [1.165, 1.54) is 12.1 Å². The van der Waals surface area contributed by atoms with Crippen LogP contribution in [-0.4, -0.2) is 26.5 Å². The fraction of sp³-hybridized carbons (Fsp3) is 0.190. The molecule has 1 N–H and O–H groups in total. The van der Waals surface area contributed by atoms with Gasteiger partial charge in [-0.2, -0.15) is 0 Å². The largest absolute Gasteiger partial charge is 0.383 e. The minimum atomic E-state index is -0.250. The molecule has 2 aromatic heterocycles. The molecule has 0 unspecified atom stereocenters. The van der Waals surface area contributed by atoms with Gasteiger partial charge in [-0.05, 0) is 49.2 Å². The number of fused-ring (bicyclic) bond motifs is 1. The lowest BCUT2D eigenvalue weighted by molar-refractivity contribution is 0.548. The number of hydrogen-bond acceptors (Lipinski definition) is 4. The van der Waals surface area contributed by atoms with Crippen LogP contribution in [0.15, 0.2) is 67.0 Å². The van der Waals surface area contributed by atoms with Crippen LogP contribution in [0.4, 0.5) is 10.1 Å². The van der Waals surface area contributed by atoms with E-state index in [0.29, 0.717) is 0 Å². The first-order chi connectivity index (χ1) is 13.3. The normalized spacial score (nSPS) is 11.0. The Hall–Kier alpha value is -3.28. The highest BCUT2D eigenvalue weighted by Gasteiger charge is 2.04. The Bertz CT molecular complexity index is 1020. The van der Waals surface area contributed by atoms with Crippen molar-refractivity contribution in [1.82, 2.24) is 20.0 Å². The molecular weight excluding hydrogens is 341 g/mol. The molecular formula is C21H20FN5. The molecule has 4 aromatic rings. The molecule has 0 bridgehead atoms. The van der Waals surface area contributed by atoms with Gasteiger partial charge in [0.25, 0.3) is 0 Å². The molecule has 0 saturated carbocycles. The number of aromatic nitrogens is 4. The van der Waals surface area contributed by atoms with E-state index in [1.807, 2.05) is 29.2 Å². The summed E-state index contributed by atoms with van der Waals surface area (Å²) in [5.74, 6) is -0.250. The first-order valence-corrected chi connectivity index (χ1v) is 9.03. The summed E-state index contributed by atoms with van der Waals surface area (Å²) >= 11 is 0. The van der Waals surface area contributed by atoms with Gasteiger partial charge in [0.1, 0.15) is 11.5 Å². The van der Waals surface area contributed by atoms with Crippen molar-refractivity contribution in [2.45, 2.75) is 19.4 Å². The topological polar surface area (TPSA) is 55.6 Å². The van der Waals surface area contributed by atoms with Gasteiger partial charge < -0.3 is 5.32 Å². The minimum absolute atomic E-state index is 0.250. The van der Waals surface area contributed by atoms with Crippen LogP contribution in [0.3, 0.4) is 0 Å². The maximum absolute atomic E-state index is 13.0. The first-order valence-electron chi connectivity index (χ1n) is 9.03. The molecule has 136 valence electrons. The van der Waals surface area contributed by atoms with E-state index in [2.05, 4.69) is 38.8 Å². The molecule has 0 aliphatic rings. The SMILES string of the molecule is Fc1ccc(-c2cn(CCCCNc3cccc4cccnc34)nn2)cc1. The number of halogens is 1. The van der Waals surface area contributed by atoms with Crippen molar-refractivity contribution in [2.75, 3.05) is 11.9 Å². The van der Waals surface area contributed by atoms with Crippen molar-refractivity contribution in [1.29, 1.82) is 0 Å². The molecule has 5 nitrogen and oxygen atoms in total. The third kappa shape index (κ3) is 4.11. The predicted octanol–water partition coefficient (Wildman–Crippen LogP) is 4.52. The highest BCUT2D eigenvalue weighted by Crippen LogP contribution is 2.20. The van der Waals surface area contributed by atoms with Gasteiger partial charge in [-0.1, -0.05) is 23.4 Å². The average Bonchev–Trinajstić information content (AvgIpc) is 3.17. The van der Waals surface area contributed by atoms with Crippen LogP contribution in [-0.2, 0) is 6.54 Å². The second-order valence-corrected chi connectivity index (χ2v) is 6.39. The highest BCUT2D eigenvalue weighted by molar-refractivity contribution is 5.90. The quantitative estimate of drug-likeness (QED) is 0.492. The van der Waals surface area contributed by atoms with E-state index < -0.39 is 0 Å². The molecule has 2 heterocycles. The van der Waals surface area contributed by atoms with Crippen LogP contribution < -0.4 is 5.32 Å². The van der Waals surface area contributed by atoms with Gasteiger partial charge in [0.2, 0.25) is 0 Å². The number of rotatable bonds is 7. The molecule has 0 saturated heterocycles. The van der Waals surface area contributed by atoms with Crippen LogP contribution in [0.2, 0.25) is 0 Å². The number of nitrogens with one attached hydrogen (secondary N) is 1. The monoisotopic (exact) mass is 361 g/mol. The summed E-state index contributed by atoms with van der Waals surface area (Å²) in [5.41, 5.74) is 3.69. The molecule has 6 heteroatoms. The van der Waals surface area contributed by atoms with E-state index >= 15 is 0 Å². The summed E-state index contributed by atoms with van der Waals surface area (Å²) in [7, 11) is 0. The Kier molecular flexibility index (Phi) is 5.05. The molecule has 0 fully saturated rings. The fourth-order valence-electron chi connectivity index (χ4n) is 3.03. The van der Waals surface area contributed by atoms with E-state index in [-0.39, 0.29) is 5.82 Å². The van der Waals surface area contributed by atoms with Crippen LogP contribution in [0.25, 0.3) is 22.2 Å². The molecule has 0 atom stereocenters. The van der Waals surface area contributed by atoms with Crippen molar-refractivity contribution in [3.05, 3.63) is 72.8 Å². The third-order valence-corrected chi connectivity index (χ3v) is 4.44. The number of benzene rings is 2. The lowest BCUT2D eigenvalue weighted by Crippen LogP contribution is -2.05. The Labute approximate surface area is 156 Å². The molecule has 0 aliphatic heterocycles. The fourth-order valence-corrected chi connectivity index (χ4v) is 3.03. The van der Waals surface area contributed by atoms with Crippen LogP contribution in [0.5, 0.6) is 0 Å². The molecule has 2 aromatic carbocycles. The maximum atomic E-state index is 13.0. The number of unbranched alkanes of at least 4 members (excludes halogenated alkanes) is 1. The van der Waals surface area contributed by atoms with Crippen molar-refractivity contribution in [3.63, 3.8) is 0 Å². The number of pyridine rings is 1. The summed E-state index contributed by atoms with van der Waals surface area (Å²) in [6.45, 7) is 1.67. The first kappa shape index (κ1) is 17.1. The third-order valence-electron chi connectivity index (χ3n) is 4.44. The lowest BCUT2D eigenvalue weighted by atomic mass is 10.2. The summed E-state index contributed by atoms with van der Waals surface area (Å²) in [6.07, 6.45) is 5.71. The second-order valence-electron chi connectivity index (χ2n) is 6.39. The predicted molar refractivity (Wildman–Crippen MR) is 105 cm³/mol. The summed E-state index contributed by atoms with van der Waals surface area (Å²) in [6, 6.07) is 16.5. The number of para-hydroxylation sites is 1. The molecule has 27 heavy (non-hydrogen) atoms. The molecule has 0 amide bonds. The number of anilines is 1. The van der Waals surface area contributed by atoms with Crippen molar-refractivity contribution in [3.8, 4) is 11.3 Å². The van der Waals surface area contributed by atoms with Gasteiger partial charge in [0.05, 0.1) is 17.4 Å². The van der Waals surface area contributed by atoms with Crippen LogP contribution in [0, 0.1) is 5.82 Å². The Morgan fingerprint density at radius 3 is 2.70 bits per heavy atom. The highest BCUT2D eigenvalue weighted by atomic mass is 19.1. The van der Waals surface area contributed by atoms with E-state index in [0.717, 1.165) is 53.8 Å². The zero-order valence-electron chi connectivity index (χ0n) is 14.8. The number of nitrogens with zero attached hydrogens (tertiary/aromatic N) is 4. The summed E-state index contributed by atoms with van der Waals surface area (Å²) < 4.78 is 14.8. The molecule has 0 radical (unpaired) electrons. The Morgan fingerprint density at radius 1 is 0.963 bits per heavy atom. The lowest BCUT2D eigenvalue weighted by Gasteiger charge is -2.08. The standard InChI is InChI=1S/C21H20FN5/c22-18-10-8-16(9-11-18)20-15-27(26-25-20)14-2-1-12-23-19-7-3-5-17-6-4-13-24-21(17)19/h3-11,13,15,23H,1-2,12,14H2.